The number of nitrogens with two attached hydrogens (primary N) is 1. The topological polar surface area (TPSA) is 75.8 Å². The van der Waals surface area contributed by atoms with Crippen LogP contribution in [-0.4, -0.2) is 47.3 Å². The van der Waals surface area contributed by atoms with Gasteiger partial charge in [0.2, 0.25) is 0 Å². The molecule has 0 saturated carbocycles. The molecule has 1 atom stereocenters. The molecule has 2 rings (SSSR count). The van der Waals surface area contributed by atoms with E-state index in [1.807, 2.05) is 13.8 Å². The van der Waals surface area contributed by atoms with Crippen molar-refractivity contribution in [1.82, 2.24) is 4.90 Å². The average molecular weight is 264 g/mol. The molecule has 1 saturated heterocycles. The quantitative estimate of drug-likeness (QED) is 0.834. The normalized spacial score (nSPS) is 22.3. The molecule has 5 heteroatoms. The molecule has 1 fully saturated rings. The Labute approximate surface area is 113 Å². The van der Waals surface area contributed by atoms with E-state index in [1.54, 1.807) is 23.1 Å². The summed E-state index contributed by atoms with van der Waals surface area (Å²) in [5.74, 6) is -0.186. The molecule has 0 aromatic heterocycles. The minimum Gasteiger partial charge on any atom is -0.507 e. The number of para-hydroxylation sites is 1. The lowest BCUT2D eigenvalue weighted by molar-refractivity contribution is -0.122. The first-order valence-corrected chi connectivity index (χ1v) is 6.38. The molecule has 19 heavy (non-hydrogen) atoms. The van der Waals surface area contributed by atoms with Gasteiger partial charge in [-0.05, 0) is 26.0 Å². The third kappa shape index (κ3) is 3.05. The van der Waals surface area contributed by atoms with Gasteiger partial charge in [-0.15, -0.1) is 0 Å². The molecule has 1 heterocycles. The van der Waals surface area contributed by atoms with Gasteiger partial charge in [-0.2, -0.15) is 0 Å². The number of phenolic OH excluding ortho intramolecular Hbond substituents is 1. The fourth-order valence-electron chi connectivity index (χ4n) is 2.40. The monoisotopic (exact) mass is 264 g/mol. The number of hydrogen-bond donors (Lipinski definition) is 2. The van der Waals surface area contributed by atoms with Crippen LogP contribution in [0.2, 0.25) is 0 Å². The van der Waals surface area contributed by atoms with Gasteiger partial charge in [-0.3, -0.25) is 4.79 Å². The summed E-state index contributed by atoms with van der Waals surface area (Å²) in [6.45, 7) is 5.16. The predicted molar refractivity (Wildman–Crippen MR) is 72.0 cm³/mol. The molecule has 1 unspecified atom stereocenters. The Balaban J connectivity index is 2.21. The summed E-state index contributed by atoms with van der Waals surface area (Å²) in [4.78, 5) is 14.1. The maximum Gasteiger partial charge on any atom is 0.257 e. The summed E-state index contributed by atoms with van der Waals surface area (Å²) in [5, 5.41) is 9.76. The predicted octanol–water partition coefficient (Wildman–Crippen LogP) is 0.970. The second-order valence-corrected chi connectivity index (χ2v) is 5.44. The highest BCUT2D eigenvalue weighted by Crippen LogP contribution is 2.24. The van der Waals surface area contributed by atoms with Gasteiger partial charge in [0.1, 0.15) is 5.75 Å². The van der Waals surface area contributed by atoms with Gasteiger partial charge in [-0.1, -0.05) is 12.1 Å². The molecule has 3 N–H and O–H groups in total. The smallest absolute Gasteiger partial charge is 0.257 e. The van der Waals surface area contributed by atoms with Crippen LogP contribution in [0.4, 0.5) is 0 Å². The van der Waals surface area contributed by atoms with Crippen LogP contribution in [0, 0.1) is 0 Å². The second kappa shape index (κ2) is 5.19. The van der Waals surface area contributed by atoms with E-state index in [0.29, 0.717) is 25.2 Å². The van der Waals surface area contributed by atoms with E-state index in [2.05, 4.69) is 0 Å². The average Bonchev–Trinajstić information content (AvgIpc) is 2.36. The molecule has 1 aliphatic rings. The van der Waals surface area contributed by atoms with Crippen LogP contribution in [-0.2, 0) is 4.74 Å². The molecule has 1 aromatic rings. The minimum absolute atomic E-state index is 0.00102. The molecule has 5 nitrogen and oxygen atoms in total. The van der Waals surface area contributed by atoms with Crippen molar-refractivity contribution in [3.8, 4) is 5.75 Å². The Morgan fingerprint density at radius 2 is 2.21 bits per heavy atom. The van der Waals surface area contributed by atoms with E-state index in [0.717, 1.165) is 0 Å². The molecule has 1 amide bonds. The van der Waals surface area contributed by atoms with E-state index in [1.165, 1.54) is 6.07 Å². The SMILES string of the molecule is CC1(C)CN(C(=O)c2ccccc2O)CC(CN)O1. The Morgan fingerprint density at radius 3 is 2.84 bits per heavy atom. The first-order chi connectivity index (χ1) is 8.93. The first kappa shape index (κ1) is 13.8. The van der Waals surface area contributed by atoms with Crippen molar-refractivity contribution in [2.45, 2.75) is 25.6 Å². The maximum absolute atomic E-state index is 12.4. The Bertz CT molecular complexity index is 474. The zero-order valence-corrected chi connectivity index (χ0v) is 11.3. The minimum atomic E-state index is -0.428. The third-order valence-electron chi connectivity index (χ3n) is 3.17. The standard InChI is InChI=1S/C14H20N2O3/c1-14(2)9-16(8-10(7-15)19-14)13(18)11-5-3-4-6-12(11)17/h3-6,10,17H,7-9,15H2,1-2H3. The maximum atomic E-state index is 12.4. The van der Waals surface area contributed by atoms with Crippen LogP contribution in [0.3, 0.4) is 0 Å². The van der Waals surface area contributed by atoms with Crippen molar-refractivity contribution in [2.24, 2.45) is 5.73 Å². The zero-order chi connectivity index (χ0) is 14.0. The Morgan fingerprint density at radius 1 is 1.53 bits per heavy atom. The highest BCUT2D eigenvalue weighted by atomic mass is 16.5. The van der Waals surface area contributed by atoms with Crippen molar-refractivity contribution >= 4 is 5.91 Å². The van der Waals surface area contributed by atoms with E-state index in [4.69, 9.17) is 10.5 Å². The van der Waals surface area contributed by atoms with Crippen molar-refractivity contribution < 1.29 is 14.6 Å². The fourth-order valence-corrected chi connectivity index (χ4v) is 2.40. The van der Waals surface area contributed by atoms with Gasteiger partial charge in [0.25, 0.3) is 5.91 Å². The van der Waals surface area contributed by atoms with Gasteiger partial charge in [0, 0.05) is 19.6 Å². The fraction of sp³-hybridized carbons (Fsp3) is 0.500. The van der Waals surface area contributed by atoms with E-state index in [-0.39, 0.29) is 17.8 Å². The lowest BCUT2D eigenvalue weighted by Gasteiger charge is -2.42. The second-order valence-electron chi connectivity index (χ2n) is 5.44. The van der Waals surface area contributed by atoms with Gasteiger partial charge in [0.05, 0.1) is 17.3 Å². The van der Waals surface area contributed by atoms with Gasteiger partial charge >= 0.3 is 0 Å². The number of nitrogens with zero attached hydrogens (tertiary/aromatic N) is 1. The highest BCUT2D eigenvalue weighted by molar-refractivity contribution is 5.96. The summed E-state index contributed by atoms with van der Waals surface area (Å²) >= 11 is 0. The highest BCUT2D eigenvalue weighted by Gasteiger charge is 2.35. The summed E-state index contributed by atoms with van der Waals surface area (Å²) in [6.07, 6.45) is -0.168. The van der Waals surface area contributed by atoms with Crippen LogP contribution in [0.15, 0.2) is 24.3 Å². The van der Waals surface area contributed by atoms with Gasteiger partial charge in [0.15, 0.2) is 0 Å². The number of carbonyl (C=O) groups excluding carboxylic acids is 1. The number of morpholine rings is 1. The molecule has 0 aliphatic carbocycles. The van der Waals surface area contributed by atoms with Gasteiger partial charge in [-0.25, -0.2) is 0 Å². The van der Waals surface area contributed by atoms with Gasteiger partial charge < -0.3 is 20.5 Å². The summed E-state index contributed by atoms with van der Waals surface area (Å²) < 4.78 is 5.79. The molecule has 0 spiro atoms. The van der Waals surface area contributed by atoms with Crippen LogP contribution >= 0.6 is 0 Å². The molecule has 1 aromatic carbocycles. The number of phenols is 1. The molecular formula is C14H20N2O3. The first-order valence-electron chi connectivity index (χ1n) is 6.38. The molecular weight excluding hydrogens is 244 g/mol. The Hall–Kier alpha value is -1.59. The summed E-state index contributed by atoms with van der Waals surface area (Å²) in [7, 11) is 0. The molecule has 104 valence electrons. The summed E-state index contributed by atoms with van der Waals surface area (Å²) in [6, 6.07) is 6.56. The number of rotatable bonds is 2. The number of hydrogen-bond acceptors (Lipinski definition) is 4. The lowest BCUT2D eigenvalue weighted by Crippen LogP contribution is -2.56. The third-order valence-corrected chi connectivity index (χ3v) is 3.17. The van der Waals surface area contributed by atoms with E-state index >= 15 is 0 Å². The number of benzene rings is 1. The van der Waals surface area contributed by atoms with E-state index < -0.39 is 5.60 Å². The molecule has 1 aliphatic heterocycles. The van der Waals surface area contributed by atoms with Crippen LogP contribution in [0.1, 0.15) is 24.2 Å². The largest absolute Gasteiger partial charge is 0.507 e. The van der Waals surface area contributed by atoms with Crippen LogP contribution in [0.25, 0.3) is 0 Å². The number of amides is 1. The van der Waals surface area contributed by atoms with Crippen molar-refractivity contribution in [2.75, 3.05) is 19.6 Å². The van der Waals surface area contributed by atoms with E-state index in [9.17, 15) is 9.90 Å². The molecule has 0 radical (unpaired) electrons. The van der Waals surface area contributed by atoms with Crippen LogP contribution in [0.5, 0.6) is 5.75 Å². The van der Waals surface area contributed by atoms with Crippen LogP contribution < -0.4 is 5.73 Å². The zero-order valence-electron chi connectivity index (χ0n) is 11.3. The number of carbonyl (C=O) groups is 1. The van der Waals surface area contributed by atoms with Crippen molar-refractivity contribution in [3.05, 3.63) is 29.8 Å². The van der Waals surface area contributed by atoms with Crippen molar-refractivity contribution in [1.29, 1.82) is 0 Å². The molecule has 0 bridgehead atoms. The van der Waals surface area contributed by atoms with Crippen molar-refractivity contribution in [3.63, 3.8) is 0 Å². The lowest BCUT2D eigenvalue weighted by atomic mass is 10.0. The Kier molecular flexibility index (Phi) is 3.78. The summed E-state index contributed by atoms with van der Waals surface area (Å²) in [5.41, 5.74) is 5.53. The number of ether oxygens (including phenoxy) is 1. The number of aromatic hydroxyl groups is 1.